The fourth-order valence-corrected chi connectivity index (χ4v) is 4.47. The SMILES string of the molecule is C.CC.CC1=C(F)N=C(c2ccc(N)nc2F)C1.CC1=NC(F)=C(c2ccc(C)nc2F)C1.CC1=NC(F)=C(c2ccc(N)cc2)C1. The number of hydrogen-bond donors (Lipinski definition) is 2. The molecule has 0 saturated carbocycles. The molecule has 1 aromatic carbocycles. The van der Waals surface area contributed by atoms with Gasteiger partial charge in [-0.05, 0) is 75.2 Å². The lowest BCUT2D eigenvalue weighted by molar-refractivity contribution is 0.573. The Morgan fingerprint density at radius 2 is 1.11 bits per heavy atom. The van der Waals surface area contributed by atoms with Crippen molar-refractivity contribution in [3.8, 4) is 0 Å². The van der Waals surface area contributed by atoms with Crippen LogP contribution in [-0.2, 0) is 0 Å². The summed E-state index contributed by atoms with van der Waals surface area (Å²) < 4.78 is 66.4. The number of aromatic nitrogens is 2. The summed E-state index contributed by atoms with van der Waals surface area (Å²) in [5, 5.41) is 0. The number of pyridine rings is 2. The monoisotopic (exact) mass is 653 g/mol. The van der Waals surface area contributed by atoms with Crippen LogP contribution in [0.15, 0.2) is 86.9 Å². The summed E-state index contributed by atoms with van der Waals surface area (Å²) >= 11 is 0. The number of aliphatic imine (C=N–C) groups is 3. The molecule has 0 atom stereocenters. The third-order valence-electron chi connectivity index (χ3n) is 6.71. The van der Waals surface area contributed by atoms with Gasteiger partial charge < -0.3 is 11.5 Å². The van der Waals surface area contributed by atoms with Crippen LogP contribution >= 0.6 is 0 Å². The molecule has 2 aromatic heterocycles. The van der Waals surface area contributed by atoms with E-state index in [0.29, 0.717) is 53.2 Å². The third kappa shape index (κ3) is 9.99. The largest absolute Gasteiger partial charge is 0.399 e. The summed E-state index contributed by atoms with van der Waals surface area (Å²) in [7, 11) is 0. The highest BCUT2D eigenvalue weighted by Gasteiger charge is 2.21. The van der Waals surface area contributed by atoms with Crippen LogP contribution in [0.3, 0.4) is 0 Å². The van der Waals surface area contributed by atoms with Gasteiger partial charge in [-0.25, -0.2) is 24.9 Å². The van der Waals surface area contributed by atoms with E-state index in [2.05, 4.69) is 24.9 Å². The van der Waals surface area contributed by atoms with Gasteiger partial charge in [0.05, 0.1) is 11.3 Å². The minimum atomic E-state index is -0.712. The van der Waals surface area contributed by atoms with Crippen LogP contribution in [0.1, 0.15) is 83.7 Å². The van der Waals surface area contributed by atoms with Crippen molar-refractivity contribution < 1.29 is 22.0 Å². The second-order valence-electron chi connectivity index (χ2n) is 10.4. The van der Waals surface area contributed by atoms with E-state index in [4.69, 9.17) is 11.5 Å². The number of aryl methyl sites for hydroxylation is 1. The number of nitrogens with two attached hydrogens (primary N) is 2. The topological polar surface area (TPSA) is 115 Å². The Kier molecular flexibility index (Phi) is 13.9. The molecule has 0 saturated heterocycles. The van der Waals surface area contributed by atoms with Gasteiger partial charge in [-0.1, -0.05) is 33.4 Å². The number of nitrogen functional groups attached to an aromatic ring is 2. The predicted molar refractivity (Wildman–Crippen MR) is 183 cm³/mol. The molecule has 0 unspecified atom stereocenters. The number of anilines is 2. The van der Waals surface area contributed by atoms with E-state index in [1.807, 2.05) is 32.9 Å². The van der Waals surface area contributed by atoms with Gasteiger partial charge in [-0.2, -0.15) is 22.0 Å². The van der Waals surface area contributed by atoms with Crippen LogP contribution in [0, 0.1) is 18.8 Å². The number of hydrogen-bond acceptors (Lipinski definition) is 7. The second-order valence-corrected chi connectivity index (χ2v) is 10.4. The molecule has 3 aliphatic rings. The van der Waals surface area contributed by atoms with Gasteiger partial charge in [0.2, 0.25) is 29.7 Å². The van der Waals surface area contributed by atoms with Gasteiger partial charge >= 0.3 is 0 Å². The second kappa shape index (κ2) is 17.1. The average Bonchev–Trinajstić information content (AvgIpc) is 3.64. The highest BCUT2D eigenvalue weighted by Crippen LogP contribution is 2.32. The first-order chi connectivity index (χ1) is 21.8. The van der Waals surface area contributed by atoms with Crippen molar-refractivity contribution in [3.63, 3.8) is 0 Å². The van der Waals surface area contributed by atoms with E-state index < -0.39 is 23.8 Å². The van der Waals surface area contributed by atoms with Crippen molar-refractivity contribution in [1.29, 1.82) is 0 Å². The summed E-state index contributed by atoms with van der Waals surface area (Å²) in [5.41, 5.74) is 16.7. The molecule has 0 bridgehead atoms. The first-order valence-corrected chi connectivity index (χ1v) is 14.5. The molecule has 7 nitrogen and oxygen atoms in total. The van der Waals surface area contributed by atoms with Crippen LogP contribution in [0.5, 0.6) is 0 Å². The van der Waals surface area contributed by atoms with E-state index in [1.54, 1.807) is 45.0 Å². The fraction of sp³-hybridized carbons (Fsp3) is 0.286. The lowest BCUT2D eigenvalue weighted by Crippen LogP contribution is -2.05. The average molecular weight is 654 g/mol. The van der Waals surface area contributed by atoms with Crippen molar-refractivity contribution in [2.24, 2.45) is 15.0 Å². The Hall–Kier alpha value is -5.00. The number of allylic oxidation sites excluding steroid dienone is 3. The van der Waals surface area contributed by atoms with Crippen LogP contribution in [-0.4, -0.2) is 27.1 Å². The lowest BCUT2D eigenvalue weighted by atomic mass is 10.0. The summed E-state index contributed by atoms with van der Waals surface area (Å²) in [4.78, 5) is 18.2. The molecule has 47 heavy (non-hydrogen) atoms. The maximum absolute atomic E-state index is 13.4. The summed E-state index contributed by atoms with van der Waals surface area (Å²) in [6, 6.07) is 13.3. The first-order valence-electron chi connectivity index (χ1n) is 14.5. The number of nitrogens with zero attached hydrogens (tertiary/aromatic N) is 5. The van der Waals surface area contributed by atoms with Crippen LogP contribution in [0.2, 0.25) is 0 Å². The quantitative estimate of drug-likeness (QED) is 0.127. The van der Waals surface area contributed by atoms with Gasteiger partial charge in [0.1, 0.15) is 5.82 Å². The van der Waals surface area contributed by atoms with E-state index in [9.17, 15) is 22.0 Å². The van der Waals surface area contributed by atoms with Crippen molar-refractivity contribution in [2.75, 3.05) is 11.5 Å². The van der Waals surface area contributed by atoms with E-state index in [0.717, 1.165) is 11.3 Å². The molecule has 5 heterocycles. The molecule has 0 aliphatic carbocycles. The molecule has 0 fully saturated rings. The van der Waals surface area contributed by atoms with Gasteiger partial charge in [0.15, 0.2) is 0 Å². The molecule has 6 rings (SSSR count). The minimum absolute atomic E-state index is 0. The molecule has 250 valence electrons. The predicted octanol–water partition coefficient (Wildman–Crippen LogP) is 9.66. The Morgan fingerprint density at radius 3 is 1.57 bits per heavy atom. The van der Waals surface area contributed by atoms with Gasteiger partial charge in [0.25, 0.3) is 0 Å². The lowest BCUT2D eigenvalue weighted by Gasteiger charge is -2.03. The van der Waals surface area contributed by atoms with Crippen molar-refractivity contribution in [2.45, 2.75) is 68.2 Å². The minimum Gasteiger partial charge on any atom is -0.399 e. The van der Waals surface area contributed by atoms with E-state index in [-0.39, 0.29) is 35.9 Å². The van der Waals surface area contributed by atoms with Crippen molar-refractivity contribution in [1.82, 2.24) is 9.97 Å². The summed E-state index contributed by atoms with van der Waals surface area (Å²) in [6.45, 7) is 10.8. The highest BCUT2D eigenvalue weighted by molar-refractivity contribution is 6.04. The number of halogens is 5. The maximum Gasteiger partial charge on any atom is 0.223 e. The zero-order valence-electron chi connectivity index (χ0n) is 26.5. The van der Waals surface area contributed by atoms with Crippen LogP contribution < -0.4 is 11.5 Å². The van der Waals surface area contributed by atoms with Gasteiger partial charge in [-0.3, -0.25) is 0 Å². The zero-order chi connectivity index (χ0) is 34.1. The van der Waals surface area contributed by atoms with E-state index >= 15 is 0 Å². The first kappa shape index (κ1) is 38.2. The number of benzene rings is 1. The standard InChI is InChI=1S/C11H10F2N2.C11H11FN2.C10H9F2N3.C2H6.CH4/c1-6-3-4-8(10(12)14-6)9-5-7(2)15-11(9)13;1-7-6-10(11(12)14-7)8-2-4-9(13)5-3-8;1-5-4-7(14-9(5)11)6-2-3-8(13)15-10(6)12;1-2;/h3-4H,5H2,1-2H3;2-5H,6,13H2,1H3;2-3H,4H2,1H3,(H2,13,15);1-2H3;1H4. The third-order valence-corrected chi connectivity index (χ3v) is 6.71. The molecule has 4 N–H and O–H groups in total. The molecular weight excluding hydrogens is 613 g/mol. The summed E-state index contributed by atoms with van der Waals surface area (Å²) in [5.74, 6) is -2.76. The molecule has 12 heteroatoms. The Labute approximate surface area is 272 Å². The Balaban J connectivity index is 0.000000236. The molecule has 0 radical (unpaired) electrons. The van der Waals surface area contributed by atoms with Gasteiger partial charge in [0, 0.05) is 58.8 Å². The Bertz CT molecular complexity index is 1790. The zero-order valence-corrected chi connectivity index (χ0v) is 26.5. The van der Waals surface area contributed by atoms with Crippen molar-refractivity contribution in [3.05, 3.63) is 106 Å². The Morgan fingerprint density at radius 1 is 0.574 bits per heavy atom. The van der Waals surface area contributed by atoms with E-state index in [1.165, 1.54) is 12.1 Å². The molecule has 0 spiro atoms. The highest BCUT2D eigenvalue weighted by atomic mass is 19.1. The molecular formula is C35H40F5N7. The maximum atomic E-state index is 13.4. The van der Waals surface area contributed by atoms with Crippen LogP contribution in [0.4, 0.5) is 33.5 Å². The van der Waals surface area contributed by atoms with Crippen molar-refractivity contribution >= 4 is 39.8 Å². The fourth-order valence-electron chi connectivity index (χ4n) is 4.47. The number of rotatable bonds is 3. The summed E-state index contributed by atoms with van der Waals surface area (Å²) in [6.07, 6.45) is 1.26. The molecule has 0 amide bonds. The normalized spacial score (nSPS) is 15.0. The molecule has 3 aliphatic heterocycles. The molecule has 3 aromatic rings. The van der Waals surface area contributed by atoms with Gasteiger partial charge in [-0.15, -0.1) is 0 Å². The smallest absolute Gasteiger partial charge is 0.223 e. The van der Waals surface area contributed by atoms with Crippen LogP contribution in [0.25, 0.3) is 11.1 Å².